The summed E-state index contributed by atoms with van der Waals surface area (Å²) in [6, 6.07) is 8.22. The molecule has 0 fully saturated rings. The number of nitrogens with zero attached hydrogens (tertiary/aromatic N) is 1. The Hall–Kier alpha value is -1.69. The van der Waals surface area contributed by atoms with Crippen molar-refractivity contribution in [2.75, 3.05) is 0 Å². The minimum Gasteiger partial charge on any atom is -0.332 e. The van der Waals surface area contributed by atoms with Crippen LogP contribution in [0.2, 0.25) is 5.02 Å². The summed E-state index contributed by atoms with van der Waals surface area (Å²) in [5, 5.41) is 3.79. The van der Waals surface area contributed by atoms with Crippen molar-refractivity contribution in [1.82, 2.24) is 9.97 Å². The van der Waals surface area contributed by atoms with Gasteiger partial charge in [-0.05, 0) is 56.7 Å². The summed E-state index contributed by atoms with van der Waals surface area (Å²) in [6.45, 7) is 6.53. The Labute approximate surface area is 168 Å². The fourth-order valence-electron chi connectivity index (χ4n) is 3.98. The van der Waals surface area contributed by atoms with E-state index in [1.165, 1.54) is 16.0 Å². The van der Waals surface area contributed by atoms with E-state index in [0.717, 1.165) is 40.3 Å². The molecule has 0 saturated heterocycles. The van der Waals surface area contributed by atoms with Gasteiger partial charge in [0.2, 0.25) is 0 Å². The lowest BCUT2D eigenvalue weighted by molar-refractivity contribution is -0.729. The topological polar surface area (TPSA) is 62.4 Å². The molecule has 27 heavy (non-hydrogen) atoms. The number of rotatable bonds is 4. The summed E-state index contributed by atoms with van der Waals surface area (Å²) in [5.74, 6) is 1.44. The zero-order valence-electron chi connectivity index (χ0n) is 15.9. The van der Waals surface area contributed by atoms with Crippen LogP contribution in [0, 0.1) is 5.92 Å². The third-order valence-corrected chi connectivity index (χ3v) is 6.99. The highest BCUT2D eigenvalue weighted by atomic mass is 35.5. The fraction of sp³-hybridized carbons (Fsp3) is 0.429. The molecule has 0 amide bonds. The molecule has 1 aliphatic rings. The van der Waals surface area contributed by atoms with Crippen molar-refractivity contribution in [3.63, 3.8) is 0 Å². The van der Waals surface area contributed by atoms with Gasteiger partial charge in [0.05, 0.1) is 5.39 Å². The number of quaternary nitrogens is 1. The van der Waals surface area contributed by atoms with Gasteiger partial charge in [-0.1, -0.05) is 30.7 Å². The number of halogens is 1. The average Bonchev–Trinajstić information content (AvgIpc) is 2.99. The molecule has 4 rings (SSSR count). The van der Waals surface area contributed by atoms with Gasteiger partial charge in [0.15, 0.2) is 5.82 Å². The first-order valence-electron chi connectivity index (χ1n) is 9.57. The fourth-order valence-corrected chi connectivity index (χ4v) is 5.50. The van der Waals surface area contributed by atoms with Gasteiger partial charge in [-0.15, -0.1) is 11.3 Å². The van der Waals surface area contributed by atoms with Crippen molar-refractivity contribution in [3.8, 4) is 0 Å². The summed E-state index contributed by atoms with van der Waals surface area (Å²) in [7, 11) is 0. The molecule has 6 heteroatoms. The van der Waals surface area contributed by atoms with E-state index >= 15 is 0 Å². The number of hydrogen-bond acceptors (Lipinski definition) is 3. The van der Waals surface area contributed by atoms with Gasteiger partial charge >= 0.3 is 0 Å². The van der Waals surface area contributed by atoms with Crippen LogP contribution in [0.3, 0.4) is 0 Å². The van der Waals surface area contributed by atoms with Crippen LogP contribution in [0.25, 0.3) is 10.2 Å². The summed E-state index contributed by atoms with van der Waals surface area (Å²) in [6.07, 6.45) is 3.22. The van der Waals surface area contributed by atoms with E-state index in [0.29, 0.717) is 5.92 Å². The lowest BCUT2D eigenvalue weighted by Crippen LogP contribution is -2.85. The van der Waals surface area contributed by atoms with Crippen LogP contribution >= 0.6 is 22.9 Å². The summed E-state index contributed by atoms with van der Waals surface area (Å²) >= 11 is 7.69. The maximum absolute atomic E-state index is 12.8. The number of aryl methyl sites for hydroxylation is 1. The molecule has 3 atom stereocenters. The molecule has 2 aromatic heterocycles. The summed E-state index contributed by atoms with van der Waals surface area (Å²) in [5.41, 5.74) is 2.45. The molecule has 0 bridgehead atoms. The Morgan fingerprint density at radius 1 is 1.26 bits per heavy atom. The number of nitrogens with one attached hydrogen (secondary N) is 1. The molecule has 3 aromatic rings. The number of H-pyrrole nitrogens is 1. The normalized spacial score (nSPS) is 19.0. The first kappa shape index (κ1) is 18.7. The molecule has 2 heterocycles. The lowest BCUT2D eigenvalue weighted by Gasteiger charge is -2.17. The van der Waals surface area contributed by atoms with Crippen LogP contribution in [0.15, 0.2) is 29.1 Å². The zero-order valence-corrected chi connectivity index (χ0v) is 17.5. The maximum Gasteiger partial charge on any atom is 0.260 e. The number of hydrogen-bond donors (Lipinski definition) is 2. The van der Waals surface area contributed by atoms with Gasteiger partial charge in [-0.25, -0.2) is 4.98 Å². The highest BCUT2D eigenvalue weighted by molar-refractivity contribution is 7.18. The third-order valence-electron chi connectivity index (χ3n) is 5.59. The Morgan fingerprint density at radius 2 is 2.00 bits per heavy atom. The summed E-state index contributed by atoms with van der Waals surface area (Å²) in [4.78, 5) is 22.9. The Balaban J connectivity index is 1.61. The molecule has 1 aliphatic carbocycles. The second kappa shape index (κ2) is 7.38. The average molecular weight is 403 g/mol. The molecule has 142 valence electrons. The minimum absolute atomic E-state index is 0.0152. The standard InChI is InChI=1S/C21H24ClN3OS/c1-11-4-9-16-17(10-11)27-21-18(16)20(26)24-19(25-21)13(3)23-12(2)14-5-7-15(22)8-6-14/h5-8,11-13,23H,4,9-10H2,1-3H3,(H,24,25,26)/p+1/t11-,12+,13-/m1/s1. The van der Waals surface area contributed by atoms with Gasteiger partial charge in [-0.2, -0.15) is 0 Å². The Kier molecular flexibility index (Phi) is 5.10. The minimum atomic E-state index is 0.0152. The van der Waals surface area contributed by atoms with E-state index in [4.69, 9.17) is 16.6 Å². The predicted octanol–water partition coefficient (Wildman–Crippen LogP) is 4.15. The third kappa shape index (κ3) is 3.68. The Morgan fingerprint density at radius 3 is 2.74 bits per heavy atom. The van der Waals surface area contributed by atoms with Crippen LogP contribution in [0.1, 0.15) is 61.1 Å². The van der Waals surface area contributed by atoms with Crippen LogP contribution in [-0.4, -0.2) is 9.97 Å². The summed E-state index contributed by atoms with van der Waals surface area (Å²) < 4.78 is 0. The Bertz CT molecular complexity index is 1020. The number of aromatic amines is 1. The lowest BCUT2D eigenvalue weighted by atomic mass is 9.89. The van der Waals surface area contributed by atoms with Crippen molar-refractivity contribution >= 4 is 33.2 Å². The van der Waals surface area contributed by atoms with Gasteiger partial charge in [0.1, 0.15) is 16.9 Å². The van der Waals surface area contributed by atoms with Crippen molar-refractivity contribution in [3.05, 3.63) is 61.5 Å². The van der Waals surface area contributed by atoms with Crippen LogP contribution in [0.4, 0.5) is 0 Å². The second-order valence-electron chi connectivity index (χ2n) is 7.80. The maximum atomic E-state index is 12.8. The SMILES string of the molecule is C[C@@H]1CCc2c(sc3nc([C@@H](C)[NH2+][C@@H](C)c4ccc(Cl)cc4)[nH]c(=O)c23)C1. The van der Waals surface area contributed by atoms with Crippen molar-refractivity contribution in [1.29, 1.82) is 0 Å². The molecule has 0 unspecified atom stereocenters. The van der Waals surface area contributed by atoms with Crippen LogP contribution < -0.4 is 10.9 Å². The molecular formula is C21H25ClN3OS+. The van der Waals surface area contributed by atoms with Crippen molar-refractivity contribution in [2.24, 2.45) is 5.92 Å². The molecule has 0 spiro atoms. The molecule has 0 radical (unpaired) electrons. The quantitative estimate of drug-likeness (QED) is 0.688. The second-order valence-corrected chi connectivity index (χ2v) is 9.32. The van der Waals surface area contributed by atoms with Crippen LogP contribution in [-0.2, 0) is 12.8 Å². The van der Waals surface area contributed by atoms with E-state index in [9.17, 15) is 4.79 Å². The number of aromatic nitrogens is 2. The van der Waals surface area contributed by atoms with Gasteiger partial charge in [0.25, 0.3) is 5.56 Å². The number of benzene rings is 1. The predicted molar refractivity (Wildman–Crippen MR) is 112 cm³/mol. The van der Waals surface area contributed by atoms with Gasteiger partial charge in [-0.3, -0.25) is 4.79 Å². The monoisotopic (exact) mass is 402 g/mol. The smallest absolute Gasteiger partial charge is 0.260 e. The molecule has 1 aromatic carbocycles. The van der Waals surface area contributed by atoms with E-state index in [-0.39, 0.29) is 17.6 Å². The van der Waals surface area contributed by atoms with Crippen LogP contribution in [0.5, 0.6) is 0 Å². The first-order valence-corrected chi connectivity index (χ1v) is 10.8. The van der Waals surface area contributed by atoms with Gasteiger partial charge in [0, 0.05) is 15.5 Å². The number of thiophene rings is 1. The van der Waals surface area contributed by atoms with Gasteiger partial charge < -0.3 is 10.3 Å². The molecular weight excluding hydrogens is 378 g/mol. The molecule has 0 saturated carbocycles. The number of fused-ring (bicyclic) bond motifs is 3. The van der Waals surface area contributed by atoms with Crippen molar-refractivity contribution in [2.45, 2.75) is 52.1 Å². The molecule has 4 nitrogen and oxygen atoms in total. The highest BCUT2D eigenvalue weighted by Gasteiger charge is 2.25. The van der Waals surface area contributed by atoms with E-state index < -0.39 is 0 Å². The number of nitrogens with two attached hydrogens (primary N) is 1. The molecule has 3 N–H and O–H groups in total. The largest absolute Gasteiger partial charge is 0.332 e. The highest BCUT2D eigenvalue weighted by Crippen LogP contribution is 2.35. The van der Waals surface area contributed by atoms with E-state index in [1.807, 2.05) is 24.3 Å². The first-order chi connectivity index (χ1) is 12.9. The van der Waals surface area contributed by atoms with E-state index in [1.54, 1.807) is 11.3 Å². The van der Waals surface area contributed by atoms with Crippen molar-refractivity contribution < 1.29 is 5.32 Å². The van der Waals surface area contributed by atoms with E-state index in [2.05, 4.69) is 31.1 Å². The zero-order chi connectivity index (χ0) is 19.1. The molecule has 0 aliphatic heterocycles.